The molecule has 2 aromatic rings. The summed E-state index contributed by atoms with van der Waals surface area (Å²) >= 11 is 0. The van der Waals surface area contributed by atoms with E-state index in [2.05, 4.69) is 47.5 Å². The summed E-state index contributed by atoms with van der Waals surface area (Å²) in [6.45, 7) is 7.68. The minimum Gasteiger partial charge on any atom is -0.383 e. The SMILES string of the molecule is Nc1ncnc(N2CCNCC2)c1-c1ccc(N2CCNCC2)nc1. The molecule has 0 aliphatic carbocycles. The molecule has 25 heavy (non-hydrogen) atoms. The molecule has 4 rings (SSSR count). The Kier molecular flexibility index (Phi) is 4.62. The number of pyridine rings is 1. The van der Waals surface area contributed by atoms with Crippen LogP contribution in [0.25, 0.3) is 11.1 Å². The Balaban J connectivity index is 1.64. The van der Waals surface area contributed by atoms with Gasteiger partial charge in [-0.2, -0.15) is 0 Å². The fourth-order valence-corrected chi connectivity index (χ4v) is 3.40. The Hall–Kier alpha value is -2.45. The molecule has 0 radical (unpaired) electrons. The zero-order valence-corrected chi connectivity index (χ0v) is 14.3. The van der Waals surface area contributed by atoms with Crippen LogP contribution in [-0.2, 0) is 0 Å². The summed E-state index contributed by atoms with van der Waals surface area (Å²) in [5.41, 5.74) is 8.04. The molecule has 0 aromatic carbocycles. The molecule has 0 amide bonds. The van der Waals surface area contributed by atoms with Gasteiger partial charge in [-0.25, -0.2) is 15.0 Å². The van der Waals surface area contributed by atoms with Crippen molar-refractivity contribution in [1.29, 1.82) is 0 Å². The van der Waals surface area contributed by atoms with Gasteiger partial charge in [-0.3, -0.25) is 0 Å². The van der Waals surface area contributed by atoms with Gasteiger partial charge in [0.2, 0.25) is 0 Å². The lowest BCUT2D eigenvalue weighted by atomic mass is 10.1. The van der Waals surface area contributed by atoms with Crippen molar-refractivity contribution in [3.63, 3.8) is 0 Å². The maximum atomic E-state index is 6.20. The first-order valence-corrected chi connectivity index (χ1v) is 8.81. The molecule has 4 heterocycles. The van der Waals surface area contributed by atoms with E-state index < -0.39 is 0 Å². The molecule has 0 spiro atoms. The molecular formula is C17H24N8. The van der Waals surface area contributed by atoms with E-state index in [1.807, 2.05) is 6.20 Å². The molecule has 8 heteroatoms. The second-order valence-electron chi connectivity index (χ2n) is 6.34. The van der Waals surface area contributed by atoms with Crippen LogP contribution in [0.15, 0.2) is 24.7 Å². The van der Waals surface area contributed by atoms with E-state index in [-0.39, 0.29) is 0 Å². The average molecular weight is 340 g/mol. The van der Waals surface area contributed by atoms with Crippen LogP contribution in [-0.4, -0.2) is 67.3 Å². The molecular weight excluding hydrogens is 316 g/mol. The van der Waals surface area contributed by atoms with E-state index >= 15 is 0 Å². The summed E-state index contributed by atoms with van der Waals surface area (Å²) in [5, 5.41) is 6.72. The van der Waals surface area contributed by atoms with Gasteiger partial charge in [0.25, 0.3) is 0 Å². The van der Waals surface area contributed by atoms with Crippen LogP contribution in [0, 0.1) is 0 Å². The number of nitrogen functional groups attached to an aromatic ring is 1. The summed E-state index contributed by atoms with van der Waals surface area (Å²) < 4.78 is 0. The highest BCUT2D eigenvalue weighted by molar-refractivity contribution is 5.84. The third kappa shape index (κ3) is 3.35. The summed E-state index contributed by atoms with van der Waals surface area (Å²) in [6, 6.07) is 4.14. The lowest BCUT2D eigenvalue weighted by molar-refractivity contribution is 0.584. The number of nitrogens with two attached hydrogens (primary N) is 1. The quantitative estimate of drug-likeness (QED) is 0.715. The lowest BCUT2D eigenvalue weighted by Gasteiger charge is -2.30. The highest BCUT2D eigenvalue weighted by Gasteiger charge is 2.20. The Morgan fingerprint density at radius 3 is 2.16 bits per heavy atom. The molecule has 2 saturated heterocycles. The molecule has 132 valence electrons. The van der Waals surface area contributed by atoms with Gasteiger partial charge in [-0.1, -0.05) is 0 Å². The van der Waals surface area contributed by atoms with Gasteiger partial charge in [0, 0.05) is 64.1 Å². The number of piperazine rings is 2. The van der Waals surface area contributed by atoms with Crippen LogP contribution in [0.3, 0.4) is 0 Å². The third-order valence-electron chi connectivity index (χ3n) is 4.75. The Bertz CT molecular complexity index is 705. The summed E-state index contributed by atoms with van der Waals surface area (Å²) in [6.07, 6.45) is 3.43. The van der Waals surface area contributed by atoms with Gasteiger partial charge in [0.05, 0.1) is 5.56 Å². The van der Waals surface area contributed by atoms with E-state index in [0.29, 0.717) is 5.82 Å². The smallest absolute Gasteiger partial charge is 0.142 e. The molecule has 4 N–H and O–H groups in total. The summed E-state index contributed by atoms with van der Waals surface area (Å²) in [5.74, 6) is 2.40. The third-order valence-corrected chi connectivity index (χ3v) is 4.75. The molecule has 8 nitrogen and oxygen atoms in total. The lowest BCUT2D eigenvalue weighted by Crippen LogP contribution is -2.44. The Morgan fingerprint density at radius 1 is 0.840 bits per heavy atom. The second-order valence-corrected chi connectivity index (χ2v) is 6.34. The van der Waals surface area contributed by atoms with Crippen LogP contribution in [0.1, 0.15) is 0 Å². The fourth-order valence-electron chi connectivity index (χ4n) is 3.40. The first-order chi connectivity index (χ1) is 12.3. The topological polar surface area (TPSA) is 95.2 Å². The zero-order chi connectivity index (χ0) is 17.1. The van der Waals surface area contributed by atoms with Crippen molar-refractivity contribution in [3.05, 3.63) is 24.7 Å². The molecule has 0 unspecified atom stereocenters. The van der Waals surface area contributed by atoms with Crippen molar-refractivity contribution in [1.82, 2.24) is 25.6 Å². The van der Waals surface area contributed by atoms with Gasteiger partial charge < -0.3 is 26.2 Å². The Labute approximate surface area is 147 Å². The number of hydrogen-bond donors (Lipinski definition) is 3. The van der Waals surface area contributed by atoms with E-state index in [0.717, 1.165) is 75.1 Å². The number of hydrogen-bond acceptors (Lipinski definition) is 8. The van der Waals surface area contributed by atoms with Crippen molar-refractivity contribution in [3.8, 4) is 11.1 Å². The first kappa shape index (κ1) is 16.0. The van der Waals surface area contributed by atoms with Crippen LogP contribution in [0.2, 0.25) is 0 Å². The maximum absolute atomic E-state index is 6.20. The second kappa shape index (κ2) is 7.20. The molecule has 2 aliphatic rings. The molecule has 0 bridgehead atoms. The monoisotopic (exact) mass is 340 g/mol. The van der Waals surface area contributed by atoms with Gasteiger partial charge in [-0.15, -0.1) is 0 Å². The van der Waals surface area contributed by atoms with Crippen molar-refractivity contribution in [2.75, 3.05) is 67.9 Å². The van der Waals surface area contributed by atoms with Crippen molar-refractivity contribution in [2.24, 2.45) is 0 Å². The zero-order valence-electron chi connectivity index (χ0n) is 14.3. The van der Waals surface area contributed by atoms with Crippen molar-refractivity contribution >= 4 is 17.5 Å². The van der Waals surface area contributed by atoms with E-state index in [1.54, 1.807) is 6.33 Å². The summed E-state index contributed by atoms with van der Waals surface area (Å²) in [7, 11) is 0. The van der Waals surface area contributed by atoms with Crippen LogP contribution < -0.4 is 26.2 Å². The van der Waals surface area contributed by atoms with E-state index in [9.17, 15) is 0 Å². The number of anilines is 3. The molecule has 2 fully saturated rings. The minimum absolute atomic E-state index is 0.500. The predicted octanol–water partition coefficient (Wildman–Crippen LogP) is -0.0600. The van der Waals surface area contributed by atoms with Gasteiger partial charge in [0.1, 0.15) is 23.8 Å². The maximum Gasteiger partial charge on any atom is 0.142 e. The molecule has 2 aromatic heterocycles. The average Bonchev–Trinajstić information content (AvgIpc) is 2.69. The van der Waals surface area contributed by atoms with Crippen LogP contribution in [0.4, 0.5) is 17.5 Å². The fraction of sp³-hybridized carbons (Fsp3) is 0.471. The molecule has 0 saturated carbocycles. The van der Waals surface area contributed by atoms with Gasteiger partial charge in [-0.05, 0) is 12.1 Å². The largest absolute Gasteiger partial charge is 0.383 e. The number of aromatic nitrogens is 3. The number of nitrogens with zero attached hydrogens (tertiary/aromatic N) is 5. The molecule has 0 atom stereocenters. The predicted molar refractivity (Wildman–Crippen MR) is 99.8 cm³/mol. The van der Waals surface area contributed by atoms with E-state index in [1.165, 1.54) is 0 Å². The standard InChI is InChI=1S/C17H24N8/c18-16-15(17(23-12-22-16)25-9-5-20-6-10-25)13-1-2-14(21-11-13)24-7-3-19-4-8-24/h1-2,11-12,19-20H,3-10H2,(H2,18,22,23). The normalized spacial score (nSPS) is 18.4. The van der Waals surface area contributed by atoms with Crippen molar-refractivity contribution in [2.45, 2.75) is 0 Å². The molecule has 2 aliphatic heterocycles. The first-order valence-electron chi connectivity index (χ1n) is 8.81. The van der Waals surface area contributed by atoms with E-state index in [4.69, 9.17) is 5.73 Å². The van der Waals surface area contributed by atoms with Crippen LogP contribution >= 0.6 is 0 Å². The number of nitrogens with one attached hydrogen (secondary N) is 2. The Morgan fingerprint density at radius 2 is 1.52 bits per heavy atom. The highest BCUT2D eigenvalue weighted by Crippen LogP contribution is 2.33. The van der Waals surface area contributed by atoms with Crippen LogP contribution in [0.5, 0.6) is 0 Å². The van der Waals surface area contributed by atoms with Gasteiger partial charge in [0.15, 0.2) is 0 Å². The highest BCUT2D eigenvalue weighted by atomic mass is 15.2. The van der Waals surface area contributed by atoms with Crippen molar-refractivity contribution < 1.29 is 0 Å². The summed E-state index contributed by atoms with van der Waals surface area (Å²) in [4.78, 5) is 17.9. The number of rotatable bonds is 3. The minimum atomic E-state index is 0.500. The van der Waals surface area contributed by atoms with Gasteiger partial charge >= 0.3 is 0 Å².